The van der Waals surface area contributed by atoms with Crippen LogP contribution in [0.15, 0.2) is 47.6 Å². The molecular weight excluding hydrogens is 593 g/mol. The van der Waals surface area contributed by atoms with Crippen LogP contribution in [0.4, 0.5) is 16.2 Å². The zero-order chi connectivity index (χ0) is 31.9. The molecule has 43 heavy (non-hydrogen) atoms. The molecule has 14 heteroatoms. The molecule has 1 atom stereocenters. The Labute approximate surface area is 256 Å². The van der Waals surface area contributed by atoms with E-state index < -0.39 is 36.6 Å². The third kappa shape index (κ3) is 13.3. The van der Waals surface area contributed by atoms with Crippen molar-refractivity contribution in [1.82, 2.24) is 19.5 Å². The van der Waals surface area contributed by atoms with Gasteiger partial charge in [0, 0.05) is 24.1 Å². The lowest BCUT2D eigenvalue weighted by Crippen LogP contribution is -2.47. The molecule has 1 heterocycles. The van der Waals surface area contributed by atoms with Crippen molar-refractivity contribution in [2.45, 2.75) is 90.0 Å². The van der Waals surface area contributed by atoms with Crippen LogP contribution in [0.3, 0.4) is 0 Å². The van der Waals surface area contributed by atoms with Gasteiger partial charge in [-0.15, -0.1) is 0 Å². The Kier molecular flexibility index (Phi) is 15.6. The smallest absolute Gasteiger partial charge is 0.354 e. The summed E-state index contributed by atoms with van der Waals surface area (Å²) in [5.74, 6) is 0. The topological polar surface area (TPSA) is 161 Å². The largest absolute Gasteiger partial charge is 0.471 e. The zero-order valence-electron chi connectivity index (χ0n) is 25.7. The highest BCUT2D eigenvalue weighted by Gasteiger charge is 2.34. The van der Waals surface area contributed by atoms with Gasteiger partial charge in [0.2, 0.25) is 0 Å². The molecule has 2 rings (SSSR count). The normalized spacial score (nSPS) is 12.7. The number of pyridine rings is 1. The quantitative estimate of drug-likeness (QED) is 0.0796. The molecule has 1 unspecified atom stereocenters. The van der Waals surface area contributed by atoms with Crippen molar-refractivity contribution in [1.29, 1.82) is 0 Å². The number of nitrogens with one attached hydrogen (secondary N) is 2. The molecule has 1 aromatic carbocycles. The molecule has 2 amide bonds. The number of hydrogen-bond donors (Lipinski definition) is 4. The minimum atomic E-state index is -5.10. The van der Waals surface area contributed by atoms with Crippen molar-refractivity contribution < 1.29 is 32.1 Å². The van der Waals surface area contributed by atoms with Crippen molar-refractivity contribution in [3.63, 3.8) is 0 Å². The van der Waals surface area contributed by atoms with E-state index in [9.17, 15) is 27.6 Å². The van der Waals surface area contributed by atoms with Gasteiger partial charge in [0.05, 0.1) is 5.69 Å². The molecule has 0 saturated heterocycles. The van der Waals surface area contributed by atoms with Crippen LogP contribution in [-0.4, -0.2) is 70.8 Å². The molecule has 0 fully saturated rings. The molecule has 0 aliphatic rings. The standard InChI is InChI=1S/C29H48N5O7PS/c1-5-7-18-33(19-8-6-2)20-11-9-10-14-25(4)31-29(35)34(23-41-42(36,37)38)43(39,40)28-22-30-17-16-27(28)32-26-15-12-13-24(3)21-26/h12-13,15-17,21-22,25H,5-11,14,18-20,23H2,1-4H3,(H,30,32)(H,31,35)(H2,36,37,38). The third-order valence-corrected chi connectivity index (χ3v) is 9.04. The fourth-order valence-corrected chi connectivity index (χ4v) is 6.10. The maximum absolute atomic E-state index is 13.7. The zero-order valence-corrected chi connectivity index (χ0v) is 27.4. The van der Waals surface area contributed by atoms with Gasteiger partial charge in [-0.2, -0.15) is 4.31 Å². The summed E-state index contributed by atoms with van der Waals surface area (Å²) in [6, 6.07) is 7.24. The van der Waals surface area contributed by atoms with Gasteiger partial charge in [-0.05, 0) is 82.9 Å². The average Bonchev–Trinajstić information content (AvgIpc) is 2.93. The molecule has 4 N–H and O–H groups in total. The lowest BCUT2D eigenvalue weighted by atomic mass is 10.1. The number of phosphoric acid groups is 1. The number of benzene rings is 1. The number of amides is 2. The Balaban J connectivity index is 2.09. The Morgan fingerprint density at radius 3 is 2.35 bits per heavy atom. The number of unbranched alkanes of at least 4 members (excludes halogenated alkanes) is 4. The lowest BCUT2D eigenvalue weighted by molar-refractivity contribution is 0.143. The number of aryl methyl sites for hydroxylation is 1. The van der Waals surface area contributed by atoms with Gasteiger partial charge in [0.25, 0.3) is 10.0 Å². The Bertz CT molecular complexity index is 1280. The lowest BCUT2D eigenvalue weighted by Gasteiger charge is -2.25. The second-order valence-corrected chi connectivity index (χ2v) is 13.8. The van der Waals surface area contributed by atoms with E-state index in [0.717, 1.165) is 63.5 Å². The van der Waals surface area contributed by atoms with Crippen molar-refractivity contribution >= 4 is 35.3 Å². The van der Waals surface area contributed by atoms with Crippen LogP contribution < -0.4 is 10.6 Å². The molecule has 0 bridgehead atoms. The van der Waals surface area contributed by atoms with Gasteiger partial charge in [0.1, 0.15) is 11.6 Å². The van der Waals surface area contributed by atoms with Gasteiger partial charge in [-0.25, -0.2) is 17.8 Å². The number of carbonyl (C=O) groups is 1. The van der Waals surface area contributed by atoms with Gasteiger partial charge < -0.3 is 25.3 Å². The minimum Gasteiger partial charge on any atom is -0.354 e. The molecule has 2 aromatic rings. The second kappa shape index (κ2) is 18.3. The predicted octanol–water partition coefficient (Wildman–Crippen LogP) is 5.75. The SMILES string of the molecule is CCCCN(CCCC)CCCCCC(C)NC(=O)N(COP(=O)(O)O)S(=O)(=O)c1cnccc1Nc1cccc(C)c1. The van der Waals surface area contributed by atoms with E-state index >= 15 is 0 Å². The van der Waals surface area contributed by atoms with Crippen LogP contribution in [0.25, 0.3) is 0 Å². The highest BCUT2D eigenvalue weighted by Crippen LogP contribution is 2.37. The van der Waals surface area contributed by atoms with Crippen LogP contribution in [0, 0.1) is 6.92 Å². The summed E-state index contributed by atoms with van der Waals surface area (Å²) in [5.41, 5.74) is 1.69. The van der Waals surface area contributed by atoms with E-state index in [2.05, 4.69) is 38.9 Å². The van der Waals surface area contributed by atoms with Crippen LogP contribution in [0.1, 0.15) is 77.7 Å². The second-order valence-electron chi connectivity index (χ2n) is 10.7. The Hall–Kier alpha value is -2.54. The van der Waals surface area contributed by atoms with E-state index in [0.29, 0.717) is 12.1 Å². The molecule has 1 aromatic heterocycles. The Morgan fingerprint density at radius 2 is 1.72 bits per heavy atom. The van der Waals surface area contributed by atoms with Crippen LogP contribution >= 0.6 is 7.82 Å². The van der Waals surface area contributed by atoms with Gasteiger partial charge in [-0.3, -0.25) is 9.51 Å². The molecule has 0 saturated carbocycles. The van der Waals surface area contributed by atoms with Crippen molar-refractivity contribution in [2.24, 2.45) is 0 Å². The predicted molar refractivity (Wildman–Crippen MR) is 168 cm³/mol. The van der Waals surface area contributed by atoms with Crippen LogP contribution in [0.5, 0.6) is 0 Å². The van der Waals surface area contributed by atoms with Crippen molar-refractivity contribution in [3.05, 3.63) is 48.3 Å². The summed E-state index contributed by atoms with van der Waals surface area (Å²) in [7, 11) is -9.76. The minimum absolute atomic E-state index is 0.134. The Morgan fingerprint density at radius 1 is 1.05 bits per heavy atom. The number of hydrogen-bond acceptors (Lipinski definition) is 8. The summed E-state index contributed by atoms with van der Waals surface area (Å²) < 4.78 is 43.6. The molecule has 12 nitrogen and oxygen atoms in total. The number of urea groups is 1. The number of sulfonamides is 1. The van der Waals surface area contributed by atoms with E-state index in [1.54, 1.807) is 19.1 Å². The first-order valence-electron chi connectivity index (χ1n) is 14.9. The van der Waals surface area contributed by atoms with E-state index in [1.807, 2.05) is 19.1 Å². The number of rotatable bonds is 20. The molecule has 242 valence electrons. The molecule has 0 radical (unpaired) electrons. The average molecular weight is 642 g/mol. The van der Waals surface area contributed by atoms with Crippen molar-refractivity contribution in [2.75, 3.05) is 31.7 Å². The fraction of sp³-hybridized carbons (Fsp3) is 0.586. The number of anilines is 2. The third-order valence-electron chi connectivity index (χ3n) is 6.86. The summed E-state index contributed by atoms with van der Waals surface area (Å²) in [4.78, 5) is 37.8. The van der Waals surface area contributed by atoms with E-state index in [-0.39, 0.29) is 14.9 Å². The van der Waals surface area contributed by atoms with Crippen LogP contribution in [-0.2, 0) is 19.1 Å². The van der Waals surface area contributed by atoms with E-state index in [4.69, 9.17) is 0 Å². The maximum atomic E-state index is 13.7. The molecular formula is C29H48N5O7PS. The fourth-order valence-electron chi connectivity index (χ4n) is 4.47. The number of nitrogens with zero attached hydrogens (tertiary/aromatic N) is 3. The first kappa shape index (κ1) is 36.7. The highest BCUT2D eigenvalue weighted by molar-refractivity contribution is 7.89. The van der Waals surface area contributed by atoms with Crippen molar-refractivity contribution in [3.8, 4) is 0 Å². The molecule has 0 aliphatic carbocycles. The number of phosphoric ester groups is 1. The number of aromatic nitrogens is 1. The maximum Gasteiger partial charge on any atom is 0.471 e. The van der Waals surface area contributed by atoms with Crippen LogP contribution in [0.2, 0.25) is 0 Å². The summed E-state index contributed by atoms with van der Waals surface area (Å²) >= 11 is 0. The summed E-state index contributed by atoms with van der Waals surface area (Å²) in [6.07, 6.45) is 10.6. The van der Waals surface area contributed by atoms with E-state index in [1.165, 1.54) is 25.1 Å². The first-order chi connectivity index (χ1) is 20.4. The monoisotopic (exact) mass is 641 g/mol. The summed E-state index contributed by atoms with van der Waals surface area (Å²) in [6.45, 7) is 10.1. The summed E-state index contributed by atoms with van der Waals surface area (Å²) in [5, 5.41) is 5.67. The highest BCUT2D eigenvalue weighted by atomic mass is 32.2. The first-order valence-corrected chi connectivity index (χ1v) is 17.9. The molecule has 0 aliphatic heterocycles. The number of carbonyl (C=O) groups excluding carboxylic acids is 1. The molecule has 0 spiro atoms. The van der Waals surface area contributed by atoms with Gasteiger partial charge >= 0.3 is 13.9 Å². The van der Waals surface area contributed by atoms with Gasteiger partial charge in [-0.1, -0.05) is 51.7 Å². The van der Waals surface area contributed by atoms with Gasteiger partial charge in [0.15, 0.2) is 0 Å².